The lowest BCUT2D eigenvalue weighted by atomic mass is 10.1. The molecule has 0 radical (unpaired) electrons. The van der Waals surface area contributed by atoms with E-state index in [9.17, 15) is 4.79 Å². The summed E-state index contributed by atoms with van der Waals surface area (Å²) in [5.41, 5.74) is 1.97. The van der Waals surface area contributed by atoms with Crippen LogP contribution >= 0.6 is 0 Å². The largest absolute Gasteiger partial charge is 0.490 e. The summed E-state index contributed by atoms with van der Waals surface area (Å²) in [5.74, 6) is 1.76. The third-order valence-electron chi connectivity index (χ3n) is 7.80. The van der Waals surface area contributed by atoms with Gasteiger partial charge in [0.1, 0.15) is 29.5 Å². The van der Waals surface area contributed by atoms with Crippen molar-refractivity contribution in [1.82, 2.24) is 20.0 Å². The molecule has 3 saturated heterocycles. The molecule has 1 N–H and O–H groups in total. The first kappa shape index (κ1) is 27.9. The molecular weight excluding hydrogens is 494 g/mol. The highest BCUT2D eigenvalue weighted by Crippen LogP contribution is 2.26. The maximum absolute atomic E-state index is 12.3. The Morgan fingerprint density at radius 1 is 1.05 bits per heavy atom. The Labute approximate surface area is 233 Å². The Bertz CT molecular complexity index is 1020. The number of amides is 1. The number of benzene rings is 1. The molecule has 0 bridgehead atoms. The van der Waals surface area contributed by atoms with Gasteiger partial charge >= 0.3 is 6.09 Å². The van der Waals surface area contributed by atoms with Crippen LogP contribution in [0.3, 0.4) is 0 Å². The maximum Gasteiger partial charge on any atom is 0.410 e. The Morgan fingerprint density at radius 2 is 1.85 bits per heavy atom. The van der Waals surface area contributed by atoms with Crippen LogP contribution in [0.25, 0.3) is 0 Å². The van der Waals surface area contributed by atoms with E-state index in [1.807, 2.05) is 32.9 Å². The summed E-state index contributed by atoms with van der Waals surface area (Å²) >= 11 is 0. The van der Waals surface area contributed by atoms with Crippen LogP contribution in [-0.2, 0) is 9.47 Å². The van der Waals surface area contributed by atoms with E-state index >= 15 is 0 Å². The average molecular weight is 540 g/mol. The lowest BCUT2D eigenvalue weighted by Crippen LogP contribution is -2.47. The highest BCUT2D eigenvalue weighted by molar-refractivity contribution is 6.00. The summed E-state index contributed by atoms with van der Waals surface area (Å²) in [4.78, 5) is 23.9. The Balaban J connectivity index is 1.08. The quantitative estimate of drug-likeness (QED) is 0.564. The van der Waals surface area contributed by atoms with Gasteiger partial charge in [0.2, 0.25) is 0 Å². The van der Waals surface area contributed by atoms with Crippen LogP contribution in [0, 0.1) is 0 Å². The molecule has 4 aliphatic heterocycles. The number of rotatable bonds is 7. The first-order valence-electron chi connectivity index (χ1n) is 14.7. The molecule has 0 spiro atoms. The minimum Gasteiger partial charge on any atom is -0.490 e. The summed E-state index contributed by atoms with van der Waals surface area (Å²) in [6.07, 6.45) is 7.12. The summed E-state index contributed by atoms with van der Waals surface area (Å²) in [6.45, 7) is 14.2. The van der Waals surface area contributed by atoms with Crippen molar-refractivity contribution in [3.63, 3.8) is 0 Å². The number of hydrogen-bond acceptors (Lipinski definition) is 8. The molecule has 4 aliphatic rings. The number of amidine groups is 1. The van der Waals surface area contributed by atoms with Crippen LogP contribution in [0.15, 0.2) is 41.0 Å². The number of ether oxygens (including phenoxy) is 3. The second kappa shape index (κ2) is 12.7. The number of piperidine rings is 1. The molecule has 214 valence electrons. The van der Waals surface area contributed by atoms with Crippen LogP contribution in [-0.4, -0.2) is 104 Å². The van der Waals surface area contributed by atoms with Crippen LogP contribution < -0.4 is 10.1 Å². The molecule has 39 heavy (non-hydrogen) atoms. The third-order valence-corrected chi connectivity index (χ3v) is 7.80. The molecule has 4 heterocycles. The topological polar surface area (TPSA) is 78.9 Å². The molecule has 1 aromatic rings. The zero-order valence-electron chi connectivity index (χ0n) is 23.9. The van der Waals surface area contributed by atoms with Crippen LogP contribution in [0.4, 0.5) is 4.79 Å². The second-order valence-electron chi connectivity index (χ2n) is 12.0. The summed E-state index contributed by atoms with van der Waals surface area (Å²) in [6, 6.07) is 8.21. The van der Waals surface area contributed by atoms with Gasteiger partial charge in [-0.2, -0.15) is 0 Å². The van der Waals surface area contributed by atoms with E-state index in [1.165, 1.54) is 12.0 Å². The molecule has 9 nitrogen and oxygen atoms in total. The lowest BCUT2D eigenvalue weighted by molar-refractivity contribution is 0.0126. The number of likely N-dealkylation sites (tertiary alicyclic amines) is 2. The standard InChI is InChI=1S/C30H45N5O4/c1-30(2,3)39-29(36)35-17-11-26(12-18-35)38-25-8-6-23(7-9-25)27-31-22-24-10-16-34(28(24)32-27)15-4-13-33-14-5-20-37-21-19-33/h6-9,22,26,28H,4-5,10-21H2,1-3H3,(H,31,32). The van der Waals surface area contributed by atoms with E-state index < -0.39 is 5.60 Å². The number of aliphatic imine (C=N–C) groups is 1. The van der Waals surface area contributed by atoms with Gasteiger partial charge in [-0.25, -0.2) is 9.79 Å². The van der Waals surface area contributed by atoms with Crippen LogP contribution in [0.1, 0.15) is 58.4 Å². The zero-order valence-corrected chi connectivity index (χ0v) is 23.9. The predicted molar refractivity (Wildman–Crippen MR) is 152 cm³/mol. The molecule has 0 aromatic heterocycles. The molecule has 0 saturated carbocycles. The Kier molecular flexibility index (Phi) is 9.10. The van der Waals surface area contributed by atoms with Crippen LogP contribution in [0.2, 0.25) is 0 Å². The number of hydrogen-bond donors (Lipinski definition) is 1. The minimum atomic E-state index is -0.473. The maximum atomic E-state index is 12.3. The second-order valence-corrected chi connectivity index (χ2v) is 12.0. The van der Waals surface area contributed by atoms with Gasteiger partial charge in [0.05, 0.1) is 6.61 Å². The van der Waals surface area contributed by atoms with E-state index in [-0.39, 0.29) is 18.4 Å². The van der Waals surface area contributed by atoms with Gasteiger partial charge in [0.25, 0.3) is 0 Å². The molecule has 1 amide bonds. The third kappa shape index (κ3) is 7.74. The molecule has 9 heteroatoms. The SMILES string of the molecule is CC(C)(C)OC(=O)N1CCC(Oc2ccc(C3=NC=C4CCN(CCCN5CCCOCC5)C4N3)cc2)CC1. The first-order valence-corrected chi connectivity index (χ1v) is 14.7. The van der Waals surface area contributed by atoms with Gasteiger partial charge in [-0.05, 0) is 76.4 Å². The lowest BCUT2D eigenvalue weighted by Gasteiger charge is -2.33. The van der Waals surface area contributed by atoms with Gasteiger partial charge in [-0.3, -0.25) is 4.90 Å². The number of nitrogens with one attached hydrogen (secondary N) is 1. The van der Waals surface area contributed by atoms with Crippen molar-refractivity contribution in [2.45, 2.75) is 70.7 Å². The highest BCUT2D eigenvalue weighted by atomic mass is 16.6. The van der Waals surface area contributed by atoms with Crippen molar-refractivity contribution in [3.8, 4) is 5.75 Å². The number of nitrogens with zero attached hydrogens (tertiary/aromatic N) is 4. The molecule has 3 fully saturated rings. The van der Waals surface area contributed by atoms with Gasteiger partial charge in [-0.15, -0.1) is 0 Å². The molecule has 1 aromatic carbocycles. The van der Waals surface area contributed by atoms with Crippen molar-refractivity contribution in [2.24, 2.45) is 4.99 Å². The number of carbonyl (C=O) groups is 1. The Hall–Kier alpha value is -2.62. The normalized spacial score (nSPS) is 23.4. The minimum absolute atomic E-state index is 0.0964. The van der Waals surface area contributed by atoms with Crippen molar-refractivity contribution >= 4 is 11.9 Å². The van der Waals surface area contributed by atoms with E-state index in [0.717, 1.165) is 88.8 Å². The van der Waals surface area contributed by atoms with Crippen molar-refractivity contribution in [1.29, 1.82) is 0 Å². The monoisotopic (exact) mass is 539 g/mol. The van der Waals surface area contributed by atoms with Crippen LogP contribution in [0.5, 0.6) is 5.75 Å². The molecule has 1 atom stereocenters. The molecule has 0 aliphatic carbocycles. The fourth-order valence-electron chi connectivity index (χ4n) is 5.69. The van der Waals surface area contributed by atoms with Crippen molar-refractivity contribution < 1.29 is 19.0 Å². The van der Waals surface area contributed by atoms with Gasteiger partial charge < -0.3 is 29.3 Å². The van der Waals surface area contributed by atoms with E-state index in [1.54, 1.807) is 4.90 Å². The smallest absolute Gasteiger partial charge is 0.410 e. The van der Waals surface area contributed by atoms with Gasteiger partial charge in [-0.1, -0.05) is 0 Å². The summed E-state index contributed by atoms with van der Waals surface area (Å²) in [5, 5.41) is 3.70. The predicted octanol–water partition coefficient (Wildman–Crippen LogP) is 3.84. The molecule has 5 rings (SSSR count). The van der Waals surface area contributed by atoms with E-state index in [2.05, 4.69) is 33.4 Å². The first-order chi connectivity index (χ1) is 18.8. The Morgan fingerprint density at radius 3 is 2.62 bits per heavy atom. The summed E-state index contributed by atoms with van der Waals surface area (Å²) in [7, 11) is 0. The average Bonchev–Trinajstić information content (AvgIpc) is 3.13. The van der Waals surface area contributed by atoms with Crippen molar-refractivity contribution in [3.05, 3.63) is 41.6 Å². The molecule has 1 unspecified atom stereocenters. The number of carbonyl (C=O) groups excluding carboxylic acids is 1. The van der Waals surface area contributed by atoms with E-state index in [0.29, 0.717) is 13.1 Å². The fraction of sp³-hybridized carbons (Fsp3) is 0.667. The van der Waals surface area contributed by atoms with Gasteiger partial charge in [0.15, 0.2) is 0 Å². The summed E-state index contributed by atoms with van der Waals surface area (Å²) < 4.78 is 17.3. The number of fused-ring (bicyclic) bond motifs is 1. The fourth-order valence-corrected chi connectivity index (χ4v) is 5.69. The van der Waals surface area contributed by atoms with Gasteiger partial charge in [0, 0.05) is 70.5 Å². The highest BCUT2D eigenvalue weighted by Gasteiger charge is 2.32. The molecular formula is C30H45N5O4. The zero-order chi connectivity index (χ0) is 27.2. The van der Waals surface area contributed by atoms with Crippen molar-refractivity contribution in [2.75, 3.05) is 59.0 Å². The van der Waals surface area contributed by atoms with E-state index in [4.69, 9.17) is 19.2 Å².